The van der Waals surface area contributed by atoms with Crippen LogP contribution >= 0.6 is 0 Å². The monoisotopic (exact) mass is 709 g/mol. The first-order chi connectivity index (χ1) is 23.8. The normalized spacial score (nSPS) is 28.4. The summed E-state index contributed by atoms with van der Waals surface area (Å²) < 4.78 is 40.5. The Morgan fingerprint density at radius 1 is 1.14 bits per heavy atom. The second-order valence-corrected chi connectivity index (χ2v) is 15.7. The van der Waals surface area contributed by atoms with Crippen LogP contribution in [-0.4, -0.2) is 89.8 Å². The number of alkyl carbamates (subject to hydrolysis) is 1. The van der Waals surface area contributed by atoms with E-state index in [0.29, 0.717) is 37.9 Å². The van der Waals surface area contributed by atoms with Crippen LogP contribution in [-0.2, 0) is 40.4 Å². The van der Waals surface area contributed by atoms with Crippen molar-refractivity contribution in [2.24, 2.45) is 11.8 Å². The maximum absolute atomic E-state index is 14.1. The number of allylic oxidation sites excluding steroid dienone is 2. The number of ether oxygens (including phenoxy) is 2. The van der Waals surface area contributed by atoms with E-state index in [1.807, 2.05) is 41.0 Å². The van der Waals surface area contributed by atoms with Gasteiger partial charge < -0.3 is 29.6 Å². The van der Waals surface area contributed by atoms with Gasteiger partial charge >= 0.3 is 12.1 Å². The van der Waals surface area contributed by atoms with Crippen LogP contribution in [0.1, 0.15) is 62.9 Å². The van der Waals surface area contributed by atoms with Crippen molar-refractivity contribution in [2.75, 3.05) is 13.2 Å². The Hall–Kier alpha value is -4.66. The summed E-state index contributed by atoms with van der Waals surface area (Å²) in [4.78, 5) is 69.4. The van der Waals surface area contributed by atoms with Gasteiger partial charge in [0.2, 0.25) is 21.8 Å². The lowest BCUT2D eigenvalue weighted by Crippen LogP contribution is -2.59. The predicted octanol–water partition coefficient (Wildman–Crippen LogP) is 2.54. The van der Waals surface area contributed by atoms with Crippen LogP contribution in [0.3, 0.4) is 0 Å². The molecule has 3 heterocycles. The highest BCUT2D eigenvalue weighted by atomic mass is 32.2. The summed E-state index contributed by atoms with van der Waals surface area (Å²) in [5.74, 6) is -3.78. The summed E-state index contributed by atoms with van der Waals surface area (Å²) in [5.41, 5.74) is -0.449. The fourth-order valence-corrected chi connectivity index (χ4v) is 8.07. The van der Waals surface area contributed by atoms with Crippen molar-refractivity contribution in [3.8, 4) is 0 Å². The maximum atomic E-state index is 14.1. The molecule has 2 aromatic rings. The first-order valence-electron chi connectivity index (χ1n) is 17.0. The van der Waals surface area contributed by atoms with Gasteiger partial charge in [-0.2, -0.15) is 0 Å². The number of aromatic nitrogens is 1. The van der Waals surface area contributed by atoms with Gasteiger partial charge in [0.25, 0.3) is 5.91 Å². The number of hydrogen-bond acceptors (Lipinski definition) is 9. The zero-order chi connectivity index (χ0) is 35.8. The van der Waals surface area contributed by atoms with Crippen molar-refractivity contribution >= 4 is 50.7 Å². The number of nitrogens with one attached hydrogen (secondary N) is 3. The molecule has 2 aliphatic carbocycles. The first-order valence-corrected chi connectivity index (χ1v) is 18.6. The number of hydrogen-bond donors (Lipinski definition) is 3. The average Bonchev–Trinajstić information content (AvgIpc) is 3.98. The lowest BCUT2D eigenvalue weighted by molar-refractivity contribution is -0.141. The minimum atomic E-state index is -3.91. The van der Waals surface area contributed by atoms with Crippen LogP contribution in [0, 0.1) is 11.8 Å². The molecule has 2 bridgehead atoms. The topological polar surface area (TPSA) is 182 Å². The zero-order valence-corrected chi connectivity index (χ0v) is 28.9. The molecule has 3 N–H and O–H groups in total. The second kappa shape index (κ2) is 13.9. The number of carbonyl (C=O) groups excluding carboxylic acids is 5. The molecule has 4 aliphatic rings. The number of para-hydroxylation sites is 1. The highest BCUT2D eigenvalue weighted by Gasteiger charge is 2.62. The van der Waals surface area contributed by atoms with Gasteiger partial charge in [-0.15, -0.1) is 6.58 Å². The summed E-state index contributed by atoms with van der Waals surface area (Å²) in [7, 11) is -3.91. The smallest absolute Gasteiger partial charge is 0.407 e. The van der Waals surface area contributed by atoms with Crippen molar-refractivity contribution in [1.29, 1.82) is 0 Å². The molecule has 15 heteroatoms. The third-order valence-electron chi connectivity index (χ3n) is 9.80. The summed E-state index contributed by atoms with van der Waals surface area (Å²) in [5, 5.41) is 5.54. The number of rotatable bonds is 7. The minimum Gasteiger partial charge on any atom is -0.456 e. The van der Waals surface area contributed by atoms with Crippen LogP contribution in [0.2, 0.25) is 0 Å². The van der Waals surface area contributed by atoms with Crippen molar-refractivity contribution in [3.05, 3.63) is 60.8 Å². The van der Waals surface area contributed by atoms with E-state index in [-0.39, 0.29) is 26.0 Å². The minimum absolute atomic E-state index is 0.102. The maximum Gasteiger partial charge on any atom is 0.407 e. The SMILES string of the molecule is C=C[C@H]1C[C@]1(NC(=O)[C@@H]1C[C@@H]2CN1C(=O)[C@H](C(C)C)NC(=O)OCCC/C=C/Cn1c(cc3ccccc31)C(=O)O2)C(=O)NS(=O)(=O)C1CC1. The Morgan fingerprint density at radius 3 is 2.60 bits per heavy atom. The van der Waals surface area contributed by atoms with Crippen molar-refractivity contribution < 1.29 is 41.9 Å². The Labute approximate surface area is 290 Å². The predicted molar refractivity (Wildman–Crippen MR) is 182 cm³/mol. The molecule has 0 unspecified atom stereocenters. The third kappa shape index (κ3) is 7.14. The lowest BCUT2D eigenvalue weighted by Gasteiger charge is -2.31. The van der Waals surface area contributed by atoms with Gasteiger partial charge in [0, 0.05) is 29.8 Å². The van der Waals surface area contributed by atoms with E-state index < -0.39 is 80.6 Å². The molecule has 268 valence electrons. The molecule has 2 aliphatic heterocycles. The standard InChI is InChI=1S/C35H43N5O9S/c1-4-23-19-35(23,33(44)38-50(46,47)25-13-14-25)37-30(41)27-18-24-20-40(27)31(42)29(21(2)3)36-34(45)48-16-10-6-5-9-15-39-26-12-8-7-11-22(26)17-28(39)32(43)49-24/h4-5,7-9,11-12,17,21,23-25,27,29H,1,6,10,13-16,18-20H2,2-3H3,(H,36,45)(H,37,41)(H,38,44)/b9-5+/t23-,24+,27-,29-,35+/m0/s1. The molecule has 3 fully saturated rings. The number of amides is 4. The Balaban J connectivity index is 1.30. The van der Waals surface area contributed by atoms with Crippen molar-refractivity contribution in [1.82, 2.24) is 24.8 Å². The van der Waals surface area contributed by atoms with E-state index in [2.05, 4.69) is 21.9 Å². The van der Waals surface area contributed by atoms with Crippen LogP contribution in [0.25, 0.3) is 10.9 Å². The molecule has 14 nitrogen and oxygen atoms in total. The number of cyclic esters (lactones) is 1. The highest BCUT2D eigenvalue weighted by molar-refractivity contribution is 7.91. The fraction of sp³-hybridized carbons (Fsp3) is 0.514. The van der Waals surface area contributed by atoms with Crippen molar-refractivity contribution in [2.45, 2.75) is 87.9 Å². The fourth-order valence-electron chi connectivity index (χ4n) is 6.71. The van der Waals surface area contributed by atoms with Crippen molar-refractivity contribution in [3.63, 3.8) is 0 Å². The van der Waals surface area contributed by atoms with Crippen LogP contribution < -0.4 is 15.4 Å². The molecule has 6 rings (SSSR count). The summed E-state index contributed by atoms with van der Waals surface area (Å²) in [6, 6.07) is 6.97. The molecule has 0 spiro atoms. The highest BCUT2D eigenvalue weighted by Crippen LogP contribution is 2.45. The quantitative estimate of drug-likeness (QED) is 0.288. The molecule has 2 saturated carbocycles. The van der Waals surface area contributed by atoms with Gasteiger partial charge in [-0.05, 0) is 50.2 Å². The lowest BCUT2D eigenvalue weighted by atomic mass is 10.0. The number of esters is 1. The molecule has 4 amide bonds. The van der Waals surface area contributed by atoms with E-state index >= 15 is 0 Å². The number of benzene rings is 1. The summed E-state index contributed by atoms with van der Waals surface area (Å²) >= 11 is 0. The molecule has 5 atom stereocenters. The summed E-state index contributed by atoms with van der Waals surface area (Å²) in [6.45, 7) is 7.53. The molecular formula is C35H43N5O9S. The van der Waals surface area contributed by atoms with Gasteiger partial charge in [0.15, 0.2) is 0 Å². The van der Waals surface area contributed by atoms with E-state index in [1.54, 1.807) is 19.9 Å². The average molecular weight is 710 g/mol. The third-order valence-corrected chi connectivity index (χ3v) is 11.6. The Kier molecular flexibility index (Phi) is 9.80. The van der Waals surface area contributed by atoms with E-state index in [9.17, 15) is 32.4 Å². The van der Waals surface area contributed by atoms with Crippen LogP contribution in [0.5, 0.6) is 0 Å². The molecule has 1 saturated heterocycles. The van der Waals surface area contributed by atoms with Gasteiger partial charge in [-0.1, -0.05) is 50.3 Å². The number of sulfonamides is 1. The van der Waals surface area contributed by atoms with E-state index in [1.165, 1.54) is 11.0 Å². The van der Waals surface area contributed by atoms with Gasteiger partial charge in [-0.3, -0.25) is 19.1 Å². The van der Waals surface area contributed by atoms with Gasteiger partial charge in [0.05, 0.1) is 18.4 Å². The largest absolute Gasteiger partial charge is 0.456 e. The van der Waals surface area contributed by atoms with E-state index in [4.69, 9.17) is 9.47 Å². The first kappa shape index (κ1) is 35.2. The number of nitrogens with zero attached hydrogens (tertiary/aromatic N) is 2. The van der Waals surface area contributed by atoms with E-state index in [0.717, 1.165) is 10.9 Å². The Bertz CT molecular complexity index is 1850. The molecule has 50 heavy (non-hydrogen) atoms. The Morgan fingerprint density at radius 2 is 1.90 bits per heavy atom. The zero-order valence-electron chi connectivity index (χ0n) is 28.1. The van der Waals surface area contributed by atoms with Gasteiger partial charge in [0.1, 0.15) is 29.4 Å². The van der Waals surface area contributed by atoms with Gasteiger partial charge in [-0.25, -0.2) is 18.0 Å². The van der Waals surface area contributed by atoms with Crippen LogP contribution in [0.4, 0.5) is 4.79 Å². The summed E-state index contributed by atoms with van der Waals surface area (Å²) in [6.07, 6.45) is 5.70. The number of carbonyl (C=O) groups is 5. The number of fused-ring (bicyclic) bond motifs is 5. The second-order valence-electron chi connectivity index (χ2n) is 13.8. The molecular weight excluding hydrogens is 666 g/mol. The molecule has 1 aromatic heterocycles. The van der Waals surface area contributed by atoms with Crippen LogP contribution in [0.15, 0.2) is 55.1 Å². The molecule has 1 aromatic carbocycles. The molecule has 0 radical (unpaired) electrons.